The van der Waals surface area contributed by atoms with E-state index in [1.54, 1.807) is 12.1 Å². The van der Waals surface area contributed by atoms with Gasteiger partial charge in [-0.15, -0.1) is 0 Å². The monoisotopic (exact) mass is 268 g/mol. The molecule has 1 rings (SSSR count). The molecule has 0 aliphatic rings. The quantitative estimate of drug-likeness (QED) is 0.797. The second kappa shape index (κ2) is 6.87. The summed E-state index contributed by atoms with van der Waals surface area (Å²) in [5.74, 6) is -0.215. The minimum absolute atomic E-state index is 0.0658. The van der Waals surface area contributed by atoms with Crippen molar-refractivity contribution in [1.29, 1.82) is 0 Å². The van der Waals surface area contributed by atoms with Gasteiger partial charge in [0.05, 0.1) is 12.3 Å². The fraction of sp³-hybridized carbons (Fsp3) is 0.600. The summed E-state index contributed by atoms with van der Waals surface area (Å²) in [5.41, 5.74) is 0.251. The second-order valence-corrected chi connectivity index (χ2v) is 5.64. The molecule has 0 saturated heterocycles. The van der Waals surface area contributed by atoms with Gasteiger partial charge in [0.2, 0.25) is 0 Å². The first kappa shape index (κ1) is 15.9. The van der Waals surface area contributed by atoms with Gasteiger partial charge in [-0.3, -0.25) is 0 Å². The van der Waals surface area contributed by atoms with Crippen LogP contribution in [-0.4, -0.2) is 36.9 Å². The molecule has 19 heavy (non-hydrogen) atoms. The van der Waals surface area contributed by atoms with Crippen molar-refractivity contribution < 1.29 is 9.50 Å². The van der Waals surface area contributed by atoms with Crippen LogP contribution in [0.2, 0.25) is 0 Å². The molecule has 0 saturated carbocycles. The summed E-state index contributed by atoms with van der Waals surface area (Å²) in [6.45, 7) is 6.83. The van der Waals surface area contributed by atoms with Crippen LogP contribution in [0.15, 0.2) is 24.3 Å². The van der Waals surface area contributed by atoms with Crippen molar-refractivity contribution in [1.82, 2.24) is 5.32 Å². The molecule has 0 bridgehead atoms. The molecule has 2 N–H and O–H groups in total. The molecule has 4 heteroatoms. The van der Waals surface area contributed by atoms with Gasteiger partial charge in [-0.2, -0.15) is 0 Å². The fourth-order valence-electron chi connectivity index (χ4n) is 2.19. The summed E-state index contributed by atoms with van der Waals surface area (Å²) < 4.78 is 13.6. The number of rotatable bonds is 7. The van der Waals surface area contributed by atoms with E-state index in [2.05, 4.69) is 19.2 Å². The Morgan fingerprint density at radius 2 is 2.00 bits per heavy atom. The fourth-order valence-corrected chi connectivity index (χ4v) is 2.19. The second-order valence-electron chi connectivity index (χ2n) is 5.64. The zero-order valence-electron chi connectivity index (χ0n) is 12.3. The minimum atomic E-state index is -0.340. The van der Waals surface area contributed by atoms with E-state index in [0.717, 1.165) is 6.42 Å². The minimum Gasteiger partial charge on any atom is -0.394 e. The van der Waals surface area contributed by atoms with Gasteiger partial charge in [0.1, 0.15) is 5.82 Å². The first-order chi connectivity index (χ1) is 8.88. The number of hydrogen-bond donors (Lipinski definition) is 2. The van der Waals surface area contributed by atoms with E-state index in [0.29, 0.717) is 18.3 Å². The number of anilines is 1. The number of aliphatic hydroxyl groups excluding tert-OH is 1. The highest BCUT2D eigenvalue weighted by atomic mass is 19.1. The first-order valence-corrected chi connectivity index (χ1v) is 6.72. The van der Waals surface area contributed by atoms with E-state index in [-0.39, 0.29) is 18.0 Å². The molecule has 0 heterocycles. The van der Waals surface area contributed by atoms with Gasteiger partial charge in [-0.05, 0) is 25.5 Å². The van der Waals surface area contributed by atoms with E-state index < -0.39 is 0 Å². The van der Waals surface area contributed by atoms with Crippen molar-refractivity contribution in [3.05, 3.63) is 30.1 Å². The van der Waals surface area contributed by atoms with Crippen molar-refractivity contribution in [2.75, 3.05) is 25.1 Å². The van der Waals surface area contributed by atoms with Gasteiger partial charge in [0.25, 0.3) is 0 Å². The van der Waals surface area contributed by atoms with Crippen LogP contribution in [0.4, 0.5) is 10.1 Å². The maximum atomic E-state index is 13.6. The number of benzene rings is 1. The summed E-state index contributed by atoms with van der Waals surface area (Å²) in [6, 6.07) is 7.04. The molecule has 0 aliphatic heterocycles. The molecule has 1 aromatic rings. The van der Waals surface area contributed by atoms with Crippen LogP contribution in [0.1, 0.15) is 27.2 Å². The van der Waals surface area contributed by atoms with Crippen LogP contribution in [0, 0.1) is 5.82 Å². The molecule has 1 atom stereocenters. The molecule has 0 spiro atoms. The summed E-state index contributed by atoms with van der Waals surface area (Å²) in [5, 5.41) is 12.9. The largest absolute Gasteiger partial charge is 0.394 e. The molecule has 0 amide bonds. The average Bonchev–Trinajstić information content (AvgIpc) is 2.36. The van der Waals surface area contributed by atoms with E-state index in [4.69, 9.17) is 0 Å². The molecular weight excluding hydrogens is 243 g/mol. The first-order valence-electron chi connectivity index (χ1n) is 6.72. The van der Waals surface area contributed by atoms with Crippen molar-refractivity contribution in [3.8, 4) is 0 Å². The maximum Gasteiger partial charge on any atom is 0.146 e. The lowest BCUT2D eigenvalue weighted by Crippen LogP contribution is -2.50. The zero-order valence-corrected chi connectivity index (χ0v) is 12.3. The van der Waals surface area contributed by atoms with E-state index >= 15 is 0 Å². The molecule has 0 radical (unpaired) electrons. The van der Waals surface area contributed by atoms with Crippen LogP contribution in [0.25, 0.3) is 0 Å². The Morgan fingerprint density at radius 3 is 2.53 bits per heavy atom. The van der Waals surface area contributed by atoms with Crippen LogP contribution < -0.4 is 10.2 Å². The number of halogens is 1. The molecule has 0 fully saturated rings. The number of aliphatic hydroxyl groups is 1. The Kier molecular flexibility index (Phi) is 5.76. The van der Waals surface area contributed by atoms with Gasteiger partial charge in [-0.1, -0.05) is 26.0 Å². The van der Waals surface area contributed by atoms with Crippen LogP contribution in [-0.2, 0) is 0 Å². The highest BCUT2D eigenvalue weighted by Gasteiger charge is 2.24. The molecule has 0 aromatic heterocycles. The van der Waals surface area contributed by atoms with E-state index in [1.807, 2.05) is 24.9 Å². The highest BCUT2D eigenvalue weighted by molar-refractivity contribution is 5.46. The van der Waals surface area contributed by atoms with Crippen LogP contribution in [0.5, 0.6) is 0 Å². The third-order valence-corrected chi connectivity index (χ3v) is 3.25. The zero-order chi connectivity index (χ0) is 14.5. The molecule has 108 valence electrons. The van der Waals surface area contributed by atoms with E-state index in [9.17, 15) is 9.50 Å². The lowest BCUT2D eigenvalue weighted by Gasteiger charge is -2.33. The highest BCUT2D eigenvalue weighted by Crippen LogP contribution is 2.19. The number of para-hydroxylation sites is 1. The van der Waals surface area contributed by atoms with Gasteiger partial charge in [0, 0.05) is 25.2 Å². The lowest BCUT2D eigenvalue weighted by molar-refractivity contribution is 0.158. The number of nitrogens with one attached hydrogen (secondary N) is 1. The van der Waals surface area contributed by atoms with Gasteiger partial charge >= 0.3 is 0 Å². The van der Waals surface area contributed by atoms with E-state index in [1.165, 1.54) is 6.07 Å². The van der Waals surface area contributed by atoms with Gasteiger partial charge in [0.15, 0.2) is 0 Å². The summed E-state index contributed by atoms with van der Waals surface area (Å²) in [7, 11) is 1.87. The molecule has 1 aromatic carbocycles. The summed E-state index contributed by atoms with van der Waals surface area (Å²) in [6.07, 6.45) is 0.743. The summed E-state index contributed by atoms with van der Waals surface area (Å²) >= 11 is 0. The van der Waals surface area contributed by atoms with Crippen molar-refractivity contribution in [2.24, 2.45) is 0 Å². The summed E-state index contributed by atoms with van der Waals surface area (Å²) in [4.78, 5) is 1.88. The molecule has 1 unspecified atom stereocenters. The number of nitrogens with zero attached hydrogens (tertiary/aromatic N) is 1. The standard InChI is InChI=1S/C15H25FN2O/c1-12(2)17-15(3,11-19)9-10-18(4)14-8-6-5-7-13(14)16/h5-8,12,17,19H,9-11H2,1-4H3. The third kappa shape index (κ3) is 4.80. The Morgan fingerprint density at radius 1 is 1.37 bits per heavy atom. The number of hydrogen-bond acceptors (Lipinski definition) is 3. The van der Waals surface area contributed by atoms with Crippen molar-refractivity contribution in [2.45, 2.75) is 38.8 Å². The molecular formula is C15H25FN2O. The Balaban J connectivity index is 2.62. The van der Waals surface area contributed by atoms with Gasteiger partial charge in [-0.25, -0.2) is 4.39 Å². The average molecular weight is 268 g/mol. The third-order valence-electron chi connectivity index (χ3n) is 3.25. The molecule has 0 aliphatic carbocycles. The topological polar surface area (TPSA) is 35.5 Å². The lowest BCUT2D eigenvalue weighted by atomic mass is 9.97. The van der Waals surface area contributed by atoms with Crippen molar-refractivity contribution >= 4 is 5.69 Å². The van der Waals surface area contributed by atoms with Crippen LogP contribution >= 0.6 is 0 Å². The van der Waals surface area contributed by atoms with Gasteiger partial charge < -0.3 is 15.3 Å². The Bertz CT molecular complexity index is 397. The smallest absolute Gasteiger partial charge is 0.146 e. The Hall–Kier alpha value is -1.13. The Labute approximate surface area is 115 Å². The van der Waals surface area contributed by atoms with Crippen molar-refractivity contribution in [3.63, 3.8) is 0 Å². The predicted molar refractivity (Wildman–Crippen MR) is 78.0 cm³/mol. The normalized spacial score (nSPS) is 14.5. The predicted octanol–water partition coefficient (Wildman–Crippen LogP) is 2.40. The SMILES string of the molecule is CC(C)NC(C)(CO)CCN(C)c1ccccc1F. The molecule has 3 nitrogen and oxygen atoms in total. The van der Waals surface area contributed by atoms with Crippen LogP contribution in [0.3, 0.4) is 0 Å². The maximum absolute atomic E-state index is 13.6.